The predicted molar refractivity (Wildman–Crippen MR) is 33.6 cm³/mol. The van der Waals surface area contributed by atoms with Crippen LogP contribution in [0.15, 0.2) is 0 Å². The number of hydrogen-bond donors (Lipinski definition) is 3. The summed E-state index contributed by atoms with van der Waals surface area (Å²) in [4.78, 5) is 0. The molecule has 0 saturated heterocycles. The summed E-state index contributed by atoms with van der Waals surface area (Å²) >= 11 is 0. The quantitative estimate of drug-likeness (QED) is 0.346. The summed E-state index contributed by atoms with van der Waals surface area (Å²) in [6.45, 7) is 0. The van der Waals surface area contributed by atoms with E-state index in [0.29, 0.717) is 0 Å². The molecule has 0 bridgehead atoms. The number of halogens is 1. The van der Waals surface area contributed by atoms with Gasteiger partial charge in [0.05, 0.1) is 0 Å². The third kappa shape index (κ3) is 115. The molecule has 0 aromatic carbocycles. The van der Waals surface area contributed by atoms with Gasteiger partial charge in [0.1, 0.15) is 0 Å². The number of rotatable bonds is 0. The van der Waals surface area contributed by atoms with E-state index >= 15 is 0 Å². The normalized spacial score (nSPS) is 7.25. The summed E-state index contributed by atoms with van der Waals surface area (Å²) in [6.07, 6.45) is 0. The molecular weight excluding hydrogens is 185 g/mol. The molecule has 0 amide bonds. The van der Waals surface area contributed by atoms with Gasteiger partial charge in [-0.3, -0.25) is 9.11 Å². The minimum absolute atomic E-state index is 0. The molecule has 0 rings (SSSR count). The van der Waals surface area contributed by atoms with Crippen molar-refractivity contribution in [2.24, 2.45) is 0 Å². The summed E-state index contributed by atoms with van der Waals surface area (Å²) in [6, 6.07) is 0. The van der Waals surface area contributed by atoms with Crippen LogP contribution in [0.25, 0.3) is 0 Å². The molecule has 5 N–H and O–H groups in total. The second-order valence-electron chi connectivity index (χ2n) is 0.448. The van der Waals surface area contributed by atoms with Gasteiger partial charge < -0.3 is 6.15 Å². The van der Waals surface area contributed by atoms with Crippen LogP contribution in [-0.4, -0.2) is 68.9 Å². The summed E-state index contributed by atoms with van der Waals surface area (Å²) in [5, 5.41) is 0. The zero-order valence-electron chi connectivity index (χ0n) is 3.23. The molecular formula is H7ClKNO4S. The maximum absolute atomic E-state index is 8.74. The van der Waals surface area contributed by atoms with Crippen LogP contribution in [-0.2, 0) is 10.4 Å². The molecule has 0 atom stereocenters. The van der Waals surface area contributed by atoms with E-state index in [9.17, 15) is 0 Å². The first-order chi connectivity index (χ1) is 2.00. The molecule has 0 aliphatic rings. The average Bonchev–Trinajstić information content (AvgIpc) is 0.722. The summed E-state index contributed by atoms with van der Waals surface area (Å²) in [5.74, 6) is 0. The van der Waals surface area contributed by atoms with Gasteiger partial charge in [-0.2, -0.15) is 8.42 Å². The summed E-state index contributed by atoms with van der Waals surface area (Å²) in [7, 11) is -4.67. The molecule has 0 aromatic heterocycles. The van der Waals surface area contributed by atoms with Crippen LogP contribution >= 0.6 is 12.4 Å². The standard InChI is InChI=1S/ClH.K.H3N.H2O4S.H/c;;;1-5(2,3)4;/h1H;;1H3;(H2,1,2,3,4);. The number of hydrogen-bond acceptors (Lipinski definition) is 3. The van der Waals surface area contributed by atoms with E-state index in [1.54, 1.807) is 0 Å². The zero-order chi connectivity index (χ0) is 4.50. The van der Waals surface area contributed by atoms with Crippen LogP contribution in [0.1, 0.15) is 0 Å². The van der Waals surface area contributed by atoms with E-state index in [-0.39, 0.29) is 69.9 Å². The van der Waals surface area contributed by atoms with E-state index in [4.69, 9.17) is 17.5 Å². The summed E-state index contributed by atoms with van der Waals surface area (Å²) in [5.41, 5.74) is 0. The van der Waals surface area contributed by atoms with Crippen LogP contribution in [0.5, 0.6) is 0 Å². The van der Waals surface area contributed by atoms with Crippen molar-refractivity contribution in [1.82, 2.24) is 6.15 Å². The summed E-state index contributed by atoms with van der Waals surface area (Å²) < 4.78 is 31.6. The first-order valence-electron chi connectivity index (χ1n) is 0.698. The second-order valence-corrected chi connectivity index (χ2v) is 1.34. The molecule has 50 valence electrons. The van der Waals surface area contributed by atoms with E-state index in [1.807, 2.05) is 0 Å². The molecule has 0 spiro atoms. The van der Waals surface area contributed by atoms with Gasteiger partial charge >= 0.3 is 61.8 Å². The van der Waals surface area contributed by atoms with Crippen LogP contribution in [0, 0.1) is 0 Å². The fraction of sp³-hybridized carbons (Fsp3) is 0. The van der Waals surface area contributed by atoms with E-state index in [0.717, 1.165) is 0 Å². The Hall–Kier alpha value is 1.76. The molecule has 0 saturated carbocycles. The third-order valence-corrected chi connectivity index (χ3v) is 0. The van der Waals surface area contributed by atoms with Gasteiger partial charge in [-0.1, -0.05) is 0 Å². The molecule has 0 aliphatic heterocycles. The molecule has 8 heteroatoms. The van der Waals surface area contributed by atoms with Gasteiger partial charge in [-0.05, 0) is 0 Å². The SMILES string of the molecule is Cl.N.O=S(=O)(O)O.[KH]. The molecule has 0 unspecified atom stereocenters. The van der Waals surface area contributed by atoms with Crippen molar-refractivity contribution in [2.75, 3.05) is 0 Å². The van der Waals surface area contributed by atoms with Crippen LogP contribution in [0.3, 0.4) is 0 Å². The van der Waals surface area contributed by atoms with Gasteiger partial charge in [-0.15, -0.1) is 12.4 Å². The van der Waals surface area contributed by atoms with Gasteiger partial charge in [0.15, 0.2) is 0 Å². The van der Waals surface area contributed by atoms with Crippen molar-refractivity contribution in [2.45, 2.75) is 0 Å². The van der Waals surface area contributed by atoms with Crippen molar-refractivity contribution in [3.05, 3.63) is 0 Å². The molecule has 0 aliphatic carbocycles. The fourth-order valence-electron chi connectivity index (χ4n) is 0. The zero-order valence-corrected chi connectivity index (χ0v) is 4.87. The van der Waals surface area contributed by atoms with E-state index in [1.165, 1.54) is 0 Å². The van der Waals surface area contributed by atoms with Crippen molar-refractivity contribution in [3.63, 3.8) is 0 Å². The topological polar surface area (TPSA) is 110 Å². The van der Waals surface area contributed by atoms with Crippen LogP contribution in [0.2, 0.25) is 0 Å². The van der Waals surface area contributed by atoms with E-state index < -0.39 is 10.4 Å². The van der Waals surface area contributed by atoms with Gasteiger partial charge in [0.25, 0.3) is 0 Å². The molecule has 0 radical (unpaired) electrons. The maximum atomic E-state index is 8.74. The Balaban J connectivity index is -0.0000000267. The van der Waals surface area contributed by atoms with Crippen molar-refractivity contribution in [1.29, 1.82) is 0 Å². The van der Waals surface area contributed by atoms with Crippen molar-refractivity contribution in [3.8, 4) is 0 Å². The molecule has 0 heterocycles. The van der Waals surface area contributed by atoms with Crippen molar-refractivity contribution >= 4 is 74.2 Å². The van der Waals surface area contributed by atoms with Gasteiger partial charge in [-0.25, -0.2) is 0 Å². The average molecular weight is 192 g/mol. The Bertz CT molecular complexity index is 99.2. The monoisotopic (exact) mass is 191 g/mol. The minimum atomic E-state index is -4.67. The molecule has 0 fully saturated rings. The molecule has 8 heavy (non-hydrogen) atoms. The third-order valence-electron chi connectivity index (χ3n) is 0. The van der Waals surface area contributed by atoms with Crippen LogP contribution < -0.4 is 6.15 Å². The van der Waals surface area contributed by atoms with Crippen LogP contribution in [0.4, 0.5) is 0 Å². The van der Waals surface area contributed by atoms with Crippen molar-refractivity contribution < 1.29 is 17.5 Å². The molecule has 0 aromatic rings. The van der Waals surface area contributed by atoms with Gasteiger partial charge in [0.2, 0.25) is 0 Å². The Labute approximate surface area is 96.2 Å². The Kier molecular flexibility index (Phi) is 24.7. The van der Waals surface area contributed by atoms with Gasteiger partial charge in [0, 0.05) is 0 Å². The Morgan fingerprint density at radius 3 is 1.12 bits per heavy atom. The van der Waals surface area contributed by atoms with E-state index in [2.05, 4.69) is 0 Å². The second kappa shape index (κ2) is 8.76. The predicted octanol–water partition coefficient (Wildman–Crippen LogP) is -0.718. The molecule has 5 nitrogen and oxygen atoms in total. The first-order valence-corrected chi connectivity index (χ1v) is 2.10. The fourth-order valence-corrected chi connectivity index (χ4v) is 0. The first kappa shape index (κ1) is 22.6. The Morgan fingerprint density at radius 1 is 1.12 bits per heavy atom. The Morgan fingerprint density at radius 2 is 1.12 bits per heavy atom.